The van der Waals surface area contributed by atoms with Crippen LogP contribution >= 0.6 is 11.6 Å². The number of benzene rings is 2. The number of aromatic nitrogens is 2. The average molecular weight is 470 g/mol. The van der Waals surface area contributed by atoms with Gasteiger partial charge >= 0.3 is 0 Å². The molecule has 3 aromatic rings. The first-order valence-electron chi connectivity index (χ1n) is 11.6. The number of rotatable bonds is 6. The molecule has 174 valence electrons. The Kier molecular flexibility index (Phi) is 6.84. The highest BCUT2D eigenvalue weighted by atomic mass is 35.5. The van der Waals surface area contributed by atoms with Crippen molar-refractivity contribution in [3.8, 4) is 5.69 Å². The fourth-order valence-corrected chi connectivity index (χ4v) is 4.86. The van der Waals surface area contributed by atoms with Crippen LogP contribution in [0.1, 0.15) is 58.3 Å². The monoisotopic (exact) mass is 469 g/mol. The van der Waals surface area contributed by atoms with Gasteiger partial charge in [-0.25, -0.2) is 9.37 Å². The summed E-state index contributed by atoms with van der Waals surface area (Å²) in [4.78, 5) is 33.8. The van der Waals surface area contributed by atoms with Crippen LogP contribution in [0.3, 0.4) is 0 Å². The molecule has 4 rings (SSSR count). The summed E-state index contributed by atoms with van der Waals surface area (Å²) in [5.41, 5.74) is 0.707. The second kappa shape index (κ2) is 9.64. The quantitative estimate of drug-likeness (QED) is 0.450. The van der Waals surface area contributed by atoms with E-state index in [1.54, 1.807) is 18.2 Å². The normalized spacial score (nSPS) is 15.3. The highest BCUT2D eigenvalue weighted by molar-refractivity contribution is 6.30. The fourth-order valence-electron chi connectivity index (χ4n) is 4.68. The standard InChI is InChI=1S/C26H29ClFN3O2/c1-16(2)15-30(25(32)18-8-4-5-9-18)17(3)24-29-23-11-7-6-10-20(23)26(33)31(24)19-12-13-22(28)21(27)14-19/h6-7,10-14,16-18H,4-5,8-9,15H2,1-3H3. The van der Waals surface area contributed by atoms with Gasteiger partial charge in [-0.2, -0.15) is 0 Å². The highest BCUT2D eigenvalue weighted by Gasteiger charge is 2.33. The Balaban J connectivity index is 1.90. The topological polar surface area (TPSA) is 55.2 Å². The number of hydrogen-bond acceptors (Lipinski definition) is 3. The minimum absolute atomic E-state index is 0.00657. The van der Waals surface area contributed by atoms with Crippen LogP contribution in [0.15, 0.2) is 47.3 Å². The molecule has 1 aliphatic carbocycles. The van der Waals surface area contributed by atoms with Gasteiger partial charge in [0, 0.05) is 12.5 Å². The van der Waals surface area contributed by atoms with E-state index in [1.807, 2.05) is 17.9 Å². The summed E-state index contributed by atoms with van der Waals surface area (Å²) in [5, 5.41) is 0.374. The van der Waals surface area contributed by atoms with Gasteiger partial charge in [-0.1, -0.05) is 50.4 Å². The van der Waals surface area contributed by atoms with Gasteiger partial charge in [0.1, 0.15) is 11.6 Å². The predicted molar refractivity (Wildman–Crippen MR) is 129 cm³/mol. The first-order chi connectivity index (χ1) is 15.8. The molecule has 1 heterocycles. The molecular weight excluding hydrogens is 441 g/mol. The number of para-hydroxylation sites is 1. The second-order valence-corrected chi connectivity index (χ2v) is 9.68. The zero-order valence-corrected chi connectivity index (χ0v) is 20.0. The van der Waals surface area contributed by atoms with Crippen LogP contribution in [-0.2, 0) is 4.79 Å². The number of halogens is 2. The van der Waals surface area contributed by atoms with Gasteiger partial charge in [0.25, 0.3) is 5.56 Å². The molecule has 1 aliphatic rings. The lowest BCUT2D eigenvalue weighted by Gasteiger charge is -2.33. The molecular formula is C26H29ClFN3O2. The summed E-state index contributed by atoms with van der Waals surface area (Å²) in [6.07, 6.45) is 3.91. The molecule has 0 N–H and O–H groups in total. The van der Waals surface area contributed by atoms with Crippen molar-refractivity contribution in [1.82, 2.24) is 14.5 Å². The van der Waals surface area contributed by atoms with E-state index in [4.69, 9.17) is 16.6 Å². The molecule has 7 heteroatoms. The molecule has 1 saturated carbocycles. The fraction of sp³-hybridized carbons (Fsp3) is 0.423. The van der Waals surface area contributed by atoms with Crippen molar-refractivity contribution < 1.29 is 9.18 Å². The van der Waals surface area contributed by atoms with Gasteiger partial charge in [-0.15, -0.1) is 0 Å². The highest BCUT2D eigenvalue weighted by Crippen LogP contribution is 2.31. The van der Waals surface area contributed by atoms with Crippen molar-refractivity contribution in [1.29, 1.82) is 0 Å². The van der Waals surface area contributed by atoms with Crippen LogP contribution in [0.2, 0.25) is 5.02 Å². The van der Waals surface area contributed by atoms with E-state index in [0.717, 1.165) is 25.7 Å². The molecule has 1 fully saturated rings. The van der Waals surface area contributed by atoms with E-state index in [0.29, 0.717) is 29.0 Å². The second-order valence-electron chi connectivity index (χ2n) is 9.27. The zero-order chi connectivity index (χ0) is 23.7. The van der Waals surface area contributed by atoms with Gasteiger partial charge in [0.2, 0.25) is 5.91 Å². The molecule has 2 aromatic carbocycles. The SMILES string of the molecule is CC(C)CN(C(=O)C1CCCC1)C(C)c1nc2ccccc2c(=O)n1-c1ccc(F)c(Cl)c1. The number of hydrogen-bond donors (Lipinski definition) is 0. The summed E-state index contributed by atoms with van der Waals surface area (Å²) in [6, 6.07) is 10.8. The van der Waals surface area contributed by atoms with Crippen molar-refractivity contribution in [3.05, 3.63) is 69.5 Å². The van der Waals surface area contributed by atoms with Crippen molar-refractivity contribution in [2.24, 2.45) is 11.8 Å². The smallest absolute Gasteiger partial charge is 0.266 e. The molecule has 1 atom stereocenters. The molecule has 0 aliphatic heterocycles. The maximum absolute atomic E-state index is 13.9. The number of fused-ring (bicyclic) bond motifs is 1. The lowest BCUT2D eigenvalue weighted by Crippen LogP contribution is -2.42. The van der Waals surface area contributed by atoms with E-state index in [-0.39, 0.29) is 28.3 Å². The summed E-state index contributed by atoms with van der Waals surface area (Å²) in [5.74, 6) is 0.244. The van der Waals surface area contributed by atoms with E-state index in [2.05, 4.69) is 13.8 Å². The zero-order valence-electron chi connectivity index (χ0n) is 19.2. The molecule has 1 aromatic heterocycles. The van der Waals surface area contributed by atoms with Gasteiger partial charge in [0.05, 0.1) is 27.7 Å². The Morgan fingerprint density at radius 2 is 1.88 bits per heavy atom. The minimum Gasteiger partial charge on any atom is -0.332 e. The van der Waals surface area contributed by atoms with E-state index in [1.165, 1.54) is 22.8 Å². The first kappa shape index (κ1) is 23.4. The minimum atomic E-state index is -0.561. The number of carbonyl (C=O) groups excluding carboxylic acids is 1. The van der Waals surface area contributed by atoms with Crippen molar-refractivity contribution in [2.45, 2.75) is 52.5 Å². The van der Waals surface area contributed by atoms with Crippen LogP contribution < -0.4 is 5.56 Å². The summed E-state index contributed by atoms with van der Waals surface area (Å²) in [7, 11) is 0. The molecule has 0 bridgehead atoms. The van der Waals surface area contributed by atoms with E-state index < -0.39 is 11.9 Å². The number of carbonyl (C=O) groups is 1. The van der Waals surface area contributed by atoms with E-state index >= 15 is 0 Å². The van der Waals surface area contributed by atoms with Crippen LogP contribution in [0.25, 0.3) is 16.6 Å². The molecule has 1 unspecified atom stereocenters. The molecule has 0 radical (unpaired) electrons. The maximum atomic E-state index is 13.9. The van der Waals surface area contributed by atoms with E-state index in [9.17, 15) is 14.0 Å². The summed E-state index contributed by atoms with van der Waals surface area (Å²) >= 11 is 6.06. The third-order valence-electron chi connectivity index (χ3n) is 6.35. The van der Waals surface area contributed by atoms with Gasteiger partial charge in [-0.05, 0) is 56.0 Å². The number of nitrogens with zero attached hydrogens (tertiary/aromatic N) is 3. The Morgan fingerprint density at radius 1 is 1.18 bits per heavy atom. The van der Waals surface area contributed by atoms with Gasteiger partial charge in [-0.3, -0.25) is 14.2 Å². The summed E-state index contributed by atoms with van der Waals surface area (Å²) in [6.45, 7) is 6.61. The molecule has 0 spiro atoms. The molecule has 0 saturated heterocycles. The third kappa shape index (κ3) is 4.67. The average Bonchev–Trinajstić information content (AvgIpc) is 3.33. The lowest BCUT2D eigenvalue weighted by molar-refractivity contribution is -0.138. The molecule has 33 heavy (non-hydrogen) atoms. The van der Waals surface area contributed by atoms with Crippen molar-refractivity contribution in [3.63, 3.8) is 0 Å². The van der Waals surface area contributed by atoms with Crippen LogP contribution in [0.4, 0.5) is 4.39 Å². The maximum Gasteiger partial charge on any atom is 0.266 e. The van der Waals surface area contributed by atoms with Crippen molar-refractivity contribution in [2.75, 3.05) is 6.54 Å². The van der Waals surface area contributed by atoms with Crippen LogP contribution in [0.5, 0.6) is 0 Å². The predicted octanol–water partition coefficient (Wildman–Crippen LogP) is 5.91. The largest absolute Gasteiger partial charge is 0.332 e. The Bertz CT molecular complexity index is 1230. The first-order valence-corrected chi connectivity index (χ1v) is 11.9. The Hall–Kier alpha value is -2.73. The molecule has 1 amide bonds. The lowest BCUT2D eigenvalue weighted by atomic mass is 10.0. The number of amides is 1. The summed E-state index contributed by atoms with van der Waals surface area (Å²) < 4.78 is 15.4. The van der Waals surface area contributed by atoms with Crippen LogP contribution in [-0.4, -0.2) is 26.9 Å². The van der Waals surface area contributed by atoms with Gasteiger partial charge in [0.15, 0.2) is 0 Å². The van der Waals surface area contributed by atoms with Gasteiger partial charge < -0.3 is 4.90 Å². The molecule has 5 nitrogen and oxygen atoms in total. The third-order valence-corrected chi connectivity index (χ3v) is 6.64. The Morgan fingerprint density at radius 3 is 2.55 bits per heavy atom. The Labute approximate surface area is 198 Å². The van der Waals surface area contributed by atoms with Crippen LogP contribution in [0, 0.1) is 17.7 Å². The van der Waals surface area contributed by atoms with Crippen molar-refractivity contribution >= 4 is 28.4 Å².